The molecule has 0 spiro atoms. The standard InChI is InChI=1S/C22H29N5O5S/c1-3-5-11-27-19-18(21(30)25-22(27)31)26(10-4-2)16(24-19)13-32-17(28)7-6-9-23-20(29)15-8-12-33-14-15/h8,12,14H,3-7,9-11,13H2,1-2H3,(H,23,29)(H,25,30,31). The van der Waals surface area contributed by atoms with Gasteiger partial charge in [0.1, 0.15) is 12.4 Å². The number of hydrogen-bond donors (Lipinski definition) is 2. The SMILES string of the molecule is CCCCn1c(=O)[nH]c(=O)c2c1nc(COC(=O)CCCNC(=O)c1ccsc1)n2CCC. The number of rotatable bonds is 12. The van der Waals surface area contributed by atoms with Gasteiger partial charge in [-0.25, -0.2) is 9.78 Å². The molecule has 1 amide bonds. The van der Waals surface area contributed by atoms with E-state index in [1.807, 2.05) is 19.2 Å². The van der Waals surface area contributed by atoms with Crippen LogP contribution in [-0.4, -0.2) is 37.5 Å². The maximum Gasteiger partial charge on any atom is 0.330 e. The summed E-state index contributed by atoms with van der Waals surface area (Å²) in [5.41, 5.74) is 0.241. The van der Waals surface area contributed by atoms with Gasteiger partial charge < -0.3 is 14.6 Å². The lowest BCUT2D eigenvalue weighted by Crippen LogP contribution is -2.31. The van der Waals surface area contributed by atoms with E-state index in [4.69, 9.17) is 4.74 Å². The van der Waals surface area contributed by atoms with Gasteiger partial charge in [-0.05, 0) is 30.7 Å². The minimum Gasteiger partial charge on any atom is -0.458 e. The second-order valence-electron chi connectivity index (χ2n) is 7.65. The molecule has 3 aromatic heterocycles. The summed E-state index contributed by atoms with van der Waals surface area (Å²) in [6, 6.07) is 1.74. The summed E-state index contributed by atoms with van der Waals surface area (Å²) in [7, 11) is 0. The van der Waals surface area contributed by atoms with Crippen molar-refractivity contribution < 1.29 is 14.3 Å². The third-order valence-electron chi connectivity index (χ3n) is 5.14. The summed E-state index contributed by atoms with van der Waals surface area (Å²) in [6.07, 6.45) is 2.98. The molecule has 2 N–H and O–H groups in total. The van der Waals surface area contributed by atoms with Crippen LogP contribution in [0.2, 0.25) is 0 Å². The molecule has 3 aromatic rings. The highest BCUT2D eigenvalue weighted by Crippen LogP contribution is 2.14. The van der Waals surface area contributed by atoms with Gasteiger partial charge >= 0.3 is 11.7 Å². The van der Waals surface area contributed by atoms with E-state index in [-0.39, 0.29) is 18.9 Å². The molecule has 0 aliphatic carbocycles. The third kappa shape index (κ3) is 5.98. The zero-order chi connectivity index (χ0) is 23.8. The van der Waals surface area contributed by atoms with Crippen LogP contribution in [-0.2, 0) is 29.2 Å². The van der Waals surface area contributed by atoms with E-state index in [0.29, 0.717) is 48.6 Å². The fraction of sp³-hybridized carbons (Fsp3) is 0.500. The van der Waals surface area contributed by atoms with Gasteiger partial charge in [-0.15, -0.1) is 0 Å². The van der Waals surface area contributed by atoms with Crippen LogP contribution in [0.5, 0.6) is 0 Å². The van der Waals surface area contributed by atoms with Crippen molar-refractivity contribution in [2.75, 3.05) is 6.54 Å². The summed E-state index contributed by atoms with van der Waals surface area (Å²) in [5.74, 6) is -0.170. The number of thiophene rings is 1. The molecule has 0 saturated carbocycles. The van der Waals surface area contributed by atoms with Gasteiger partial charge in [-0.1, -0.05) is 20.3 Å². The molecular formula is C22H29N5O5S. The molecule has 33 heavy (non-hydrogen) atoms. The smallest absolute Gasteiger partial charge is 0.330 e. The zero-order valence-electron chi connectivity index (χ0n) is 18.9. The van der Waals surface area contributed by atoms with Crippen LogP contribution in [0.25, 0.3) is 11.2 Å². The number of carbonyl (C=O) groups excluding carboxylic acids is 2. The minimum atomic E-state index is -0.498. The Kier molecular flexibility index (Phi) is 8.58. The van der Waals surface area contributed by atoms with E-state index in [1.54, 1.807) is 16.0 Å². The van der Waals surface area contributed by atoms with Crippen LogP contribution in [0.4, 0.5) is 0 Å². The number of aryl methyl sites for hydroxylation is 2. The van der Waals surface area contributed by atoms with E-state index in [1.165, 1.54) is 15.9 Å². The molecule has 10 nitrogen and oxygen atoms in total. The number of nitrogens with zero attached hydrogens (tertiary/aromatic N) is 3. The monoisotopic (exact) mass is 475 g/mol. The largest absolute Gasteiger partial charge is 0.458 e. The number of aromatic amines is 1. The molecule has 11 heteroatoms. The van der Waals surface area contributed by atoms with Crippen molar-refractivity contribution in [2.45, 2.75) is 65.6 Å². The number of unbranched alkanes of at least 4 members (excludes halogenated alkanes) is 1. The number of esters is 1. The Morgan fingerprint density at radius 2 is 1.97 bits per heavy atom. The minimum absolute atomic E-state index is 0.101. The summed E-state index contributed by atoms with van der Waals surface area (Å²) in [6.45, 7) is 5.19. The second kappa shape index (κ2) is 11.6. The molecule has 0 fully saturated rings. The van der Waals surface area contributed by atoms with E-state index in [0.717, 1.165) is 19.3 Å². The average Bonchev–Trinajstić information content (AvgIpc) is 3.44. The van der Waals surface area contributed by atoms with Crippen molar-refractivity contribution in [3.8, 4) is 0 Å². The number of amides is 1. The number of hydrogen-bond acceptors (Lipinski definition) is 7. The normalized spacial score (nSPS) is 11.1. The number of carbonyl (C=O) groups is 2. The fourth-order valence-electron chi connectivity index (χ4n) is 3.46. The second-order valence-corrected chi connectivity index (χ2v) is 8.43. The lowest BCUT2D eigenvalue weighted by atomic mass is 10.3. The highest BCUT2D eigenvalue weighted by Gasteiger charge is 2.19. The van der Waals surface area contributed by atoms with Crippen LogP contribution in [0.3, 0.4) is 0 Å². The quantitative estimate of drug-likeness (QED) is 0.306. The summed E-state index contributed by atoms with van der Waals surface area (Å²) >= 11 is 1.45. The van der Waals surface area contributed by atoms with E-state index in [9.17, 15) is 19.2 Å². The molecule has 3 rings (SSSR count). The van der Waals surface area contributed by atoms with Crippen molar-refractivity contribution in [3.05, 3.63) is 49.1 Å². The Morgan fingerprint density at radius 3 is 2.67 bits per heavy atom. The van der Waals surface area contributed by atoms with E-state index >= 15 is 0 Å². The zero-order valence-corrected chi connectivity index (χ0v) is 19.7. The van der Waals surface area contributed by atoms with Gasteiger partial charge in [-0.3, -0.25) is 23.9 Å². The fourth-order valence-corrected chi connectivity index (χ4v) is 4.10. The molecule has 0 aromatic carbocycles. The number of fused-ring (bicyclic) bond motifs is 1. The lowest BCUT2D eigenvalue weighted by molar-refractivity contribution is -0.145. The first-order chi connectivity index (χ1) is 16.0. The highest BCUT2D eigenvalue weighted by atomic mass is 32.1. The van der Waals surface area contributed by atoms with Crippen molar-refractivity contribution in [2.24, 2.45) is 0 Å². The number of H-pyrrole nitrogens is 1. The van der Waals surface area contributed by atoms with Crippen molar-refractivity contribution in [3.63, 3.8) is 0 Å². The number of nitrogens with one attached hydrogen (secondary N) is 2. The van der Waals surface area contributed by atoms with Crippen LogP contribution in [0, 0.1) is 0 Å². The maximum atomic E-state index is 12.5. The molecule has 0 radical (unpaired) electrons. The predicted molar refractivity (Wildman–Crippen MR) is 125 cm³/mol. The van der Waals surface area contributed by atoms with Crippen LogP contribution in [0.1, 0.15) is 62.1 Å². The van der Waals surface area contributed by atoms with Crippen LogP contribution in [0.15, 0.2) is 26.4 Å². The molecule has 3 heterocycles. The lowest BCUT2D eigenvalue weighted by Gasteiger charge is -2.09. The summed E-state index contributed by atoms with van der Waals surface area (Å²) < 4.78 is 8.56. The van der Waals surface area contributed by atoms with E-state index < -0.39 is 17.2 Å². The van der Waals surface area contributed by atoms with Crippen molar-refractivity contribution in [1.82, 2.24) is 24.4 Å². The Morgan fingerprint density at radius 1 is 1.15 bits per heavy atom. The van der Waals surface area contributed by atoms with Crippen molar-refractivity contribution in [1.29, 1.82) is 0 Å². The van der Waals surface area contributed by atoms with Gasteiger partial charge in [0, 0.05) is 37.0 Å². The molecule has 0 aliphatic rings. The maximum absolute atomic E-state index is 12.5. The molecule has 0 bridgehead atoms. The van der Waals surface area contributed by atoms with Gasteiger partial charge in [0.2, 0.25) is 0 Å². The first-order valence-corrected chi connectivity index (χ1v) is 12.1. The first kappa shape index (κ1) is 24.4. The Labute approximate surface area is 194 Å². The number of ether oxygens (including phenoxy) is 1. The Bertz CT molecular complexity index is 1210. The molecule has 0 aliphatic heterocycles. The van der Waals surface area contributed by atoms with E-state index in [2.05, 4.69) is 15.3 Å². The van der Waals surface area contributed by atoms with Crippen LogP contribution >= 0.6 is 11.3 Å². The molecule has 0 atom stereocenters. The third-order valence-corrected chi connectivity index (χ3v) is 5.82. The van der Waals surface area contributed by atoms with Gasteiger partial charge in [0.25, 0.3) is 11.5 Å². The van der Waals surface area contributed by atoms with Crippen LogP contribution < -0.4 is 16.6 Å². The molecular weight excluding hydrogens is 446 g/mol. The van der Waals surface area contributed by atoms with Gasteiger partial charge in [-0.2, -0.15) is 11.3 Å². The summed E-state index contributed by atoms with van der Waals surface area (Å²) in [4.78, 5) is 55.8. The average molecular weight is 476 g/mol. The molecule has 0 unspecified atom stereocenters. The predicted octanol–water partition coefficient (Wildman–Crippen LogP) is 2.41. The van der Waals surface area contributed by atoms with Gasteiger partial charge in [0.05, 0.1) is 0 Å². The topological polar surface area (TPSA) is 128 Å². The first-order valence-electron chi connectivity index (χ1n) is 11.1. The van der Waals surface area contributed by atoms with Gasteiger partial charge in [0.15, 0.2) is 11.2 Å². The van der Waals surface area contributed by atoms with Crippen molar-refractivity contribution >= 4 is 34.4 Å². The molecule has 0 saturated heterocycles. The molecule has 178 valence electrons. The Hall–Kier alpha value is -3.21. The summed E-state index contributed by atoms with van der Waals surface area (Å²) in [5, 5.41) is 6.36. The Balaban J connectivity index is 1.65. The number of aromatic nitrogens is 4. The highest BCUT2D eigenvalue weighted by molar-refractivity contribution is 7.08. The number of imidazole rings is 1.